The van der Waals surface area contributed by atoms with E-state index in [-0.39, 0.29) is 21.7 Å². The second kappa shape index (κ2) is 27.9. The summed E-state index contributed by atoms with van der Waals surface area (Å²) in [4.78, 5) is 0. The smallest absolute Gasteiger partial charge is 0.668 e. The van der Waals surface area contributed by atoms with Gasteiger partial charge in [-0.05, 0) is 24.0 Å². The van der Waals surface area contributed by atoms with E-state index in [1.807, 2.05) is 12.1 Å². The monoisotopic (exact) mass is 529 g/mol. The summed E-state index contributed by atoms with van der Waals surface area (Å²) in [5, 5.41) is 13.2. The van der Waals surface area contributed by atoms with Gasteiger partial charge in [-0.15, -0.1) is 29.7 Å². The van der Waals surface area contributed by atoms with Crippen LogP contribution in [0.2, 0.25) is 0 Å². The van der Waals surface area contributed by atoms with Crippen LogP contribution in [0.15, 0.2) is 127 Å². The predicted molar refractivity (Wildman–Crippen MR) is 164 cm³/mol. The molecule has 0 atom stereocenters. The molecule has 4 aromatic rings. The number of rotatable bonds is 5. The maximum atomic E-state index is 3.50. The van der Waals surface area contributed by atoms with E-state index < -0.39 is 0 Å². The molecular formula is C33H43N3Ti. The van der Waals surface area contributed by atoms with Gasteiger partial charge >= 0.3 is 21.7 Å². The predicted octanol–water partition coefficient (Wildman–Crippen LogP) is 9.00. The first-order valence-electron chi connectivity index (χ1n) is 12.1. The van der Waals surface area contributed by atoms with Gasteiger partial charge < -0.3 is 16.0 Å². The van der Waals surface area contributed by atoms with Crippen LogP contribution < -0.4 is 0 Å². The number of hydrogen-bond acceptors (Lipinski definition) is 0. The quantitative estimate of drug-likeness (QED) is 0.141. The van der Waals surface area contributed by atoms with Crippen LogP contribution in [-0.4, -0.2) is 42.3 Å². The maximum Gasteiger partial charge on any atom is 4.00 e. The van der Waals surface area contributed by atoms with Crippen molar-refractivity contribution in [2.75, 3.05) is 42.3 Å². The van der Waals surface area contributed by atoms with Crippen molar-refractivity contribution >= 4 is 10.8 Å². The average molecular weight is 530 g/mol. The average Bonchev–Trinajstić information content (AvgIpc) is 3.38. The molecule has 4 heteroatoms. The van der Waals surface area contributed by atoms with Gasteiger partial charge in [-0.3, -0.25) is 0 Å². The molecule has 37 heavy (non-hydrogen) atoms. The zero-order valence-corrected chi connectivity index (χ0v) is 24.9. The molecule has 0 unspecified atom stereocenters. The Kier molecular flexibility index (Phi) is 27.5. The first-order valence-corrected chi connectivity index (χ1v) is 12.1. The Morgan fingerprint density at radius 3 is 1.32 bits per heavy atom. The molecule has 0 fully saturated rings. The van der Waals surface area contributed by atoms with E-state index >= 15 is 0 Å². The third-order valence-corrected chi connectivity index (χ3v) is 4.32. The Morgan fingerprint density at radius 1 is 0.541 bits per heavy atom. The van der Waals surface area contributed by atoms with Gasteiger partial charge in [0.05, 0.1) is 0 Å². The Labute approximate surface area is 241 Å². The van der Waals surface area contributed by atoms with Crippen molar-refractivity contribution in [3.05, 3.63) is 155 Å². The second-order valence-corrected chi connectivity index (χ2v) is 7.73. The van der Waals surface area contributed by atoms with Crippen LogP contribution in [0, 0.1) is 0 Å². The molecule has 0 aliphatic heterocycles. The third kappa shape index (κ3) is 21.2. The molecule has 0 radical (unpaired) electrons. The van der Waals surface area contributed by atoms with Gasteiger partial charge in [-0.25, -0.2) is 0 Å². The molecule has 3 nitrogen and oxygen atoms in total. The number of hydrogen-bond donors (Lipinski definition) is 0. The number of fused-ring (bicyclic) bond motifs is 1. The van der Waals surface area contributed by atoms with Gasteiger partial charge in [0.2, 0.25) is 0 Å². The normalized spacial score (nSPS) is 9.46. The Morgan fingerprint density at radius 2 is 0.919 bits per heavy atom. The van der Waals surface area contributed by atoms with E-state index in [2.05, 4.69) is 131 Å². The summed E-state index contributed by atoms with van der Waals surface area (Å²) in [6.45, 7) is 0. The molecule has 4 aromatic carbocycles. The zero-order chi connectivity index (χ0) is 26.7. The Hall–Kier alpha value is -2.66. The number of nitrogens with zero attached hydrogens (tertiary/aromatic N) is 3. The van der Waals surface area contributed by atoms with Crippen LogP contribution in [0.5, 0.6) is 0 Å². The molecule has 0 spiro atoms. The first kappa shape index (κ1) is 36.5. The van der Waals surface area contributed by atoms with Crippen molar-refractivity contribution in [2.24, 2.45) is 0 Å². The fourth-order valence-electron chi connectivity index (χ4n) is 2.86. The molecule has 0 saturated heterocycles. The van der Waals surface area contributed by atoms with E-state index in [9.17, 15) is 0 Å². The van der Waals surface area contributed by atoms with Crippen molar-refractivity contribution < 1.29 is 21.7 Å². The van der Waals surface area contributed by atoms with Crippen molar-refractivity contribution in [1.29, 1.82) is 0 Å². The molecule has 194 valence electrons. The number of allylic oxidation sites excluding steroid dienone is 4. The molecular weight excluding hydrogens is 486 g/mol. The molecule has 0 aliphatic carbocycles. The van der Waals surface area contributed by atoms with Crippen LogP contribution in [0.3, 0.4) is 0 Å². The first-order chi connectivity index (χ1) is 17.7. The summed E-state index contributed by atoms with van der Waals surface area (Å²) in [5.41, 5.74) is 2.70. The standard InChI is InChI=1S/C18H18.C9H7.3C2H6N.Ti/c1(5-11-17-13-7-3-8-14-17)2-6-12-18-15-9-4-10-16-18;1-2-5-9-7-3-6-8(9)4-1;3*1-3-2;/h1-10,13-16H,11-12H2;1-7H;3*1-2H3;/q;4*-1;+4. The maximum absolute atomic E-state index is 3.50. The minimum atomic E-state index is 0. The minimum absolute atomic E-state index is 0. The fourth-order valence-corrected chi connectivity index (χ4v) is 2.86. The van der Waals surface area contributed by atoms with Crippen LogP contribution in [0.25, 0.3) is 26.7 Å². The summed E-state index contributed by atoms with van der Waals surface area (Å²) in [7, 11) is 10.5. The van der Waals surface area contributed by atoms with Crippen LogP contribution >= 0.6 is 0 Å². The Bertz CT molecular complexity index is 941. The van der Waals surface area contributed by atoms with Crippen LogP contribution in [0.4, 0.5) is 0 Å². The van der Waals surface area contributed by atoms with E-state index in [0.717, 1.165) is 12.8 Å². The third-order valence-electron chi connectivity index (χ3n) is 4.32. The molecule has 0 amide bonds. The Balaban J connectivity index is 0. The van der Waals surface area contributed by atoms with Gasteiger partial charge in [-0.1, -0.05) is 91.0 Å². The van der Waals surface area contributed by atoms with E-state index in [1.165, 1.54) is 21.9 Å². The minimum Gasteiger partial charge on any atom is -0.668 e. The zero-order valence-electron chi connectivity index (χ0n) is 23.4. The van der Waals surface area contributed by atoms with Gasteiger partial charge in [-0.2, -0.15) is 59.8 Å². The summed E-state index contributed by atoms with van der Waals surface area (Å²) in [6.07, 6.45) is 10.6. The van der Waals surface area contributed by atoms with Crippen LogP contribution in [-0.2, 0) is 34.6 Å². The largest absolute Gasteiger partial charge is 4.00 e. The van der Waals surface area contributed by atoms with Gasteiger partial charge in [0.1, 0.15) is 0 Å². The molecule has 0 saturated carbocycles. The molecule has 0 heterocycles. The van der Waals surface area contributed by atoms with Crippen molar-refractivity contribution in [2.45, 2.75) is 12.8 Å². The fraction of sp³-hybridized carbons (Fsp3) is 0.242. The topological polar surface area (TPSA) is 42.3 Å². The van der Waals surface area contributed by atoms with E-state index in [1.54, 1.807) is 42.3 Å². The van der Waals surface area contributed by atoms with Crippen molar-refractivity contribution in [3.8, 4) is 0 Å². The van der Waals surface area contributed by atoms with E-state index in [0.29, 0.717) is 0 Å². The van der Waals surface area contributed by atoms with Gasteiger partial charge in [0.15, 0.2) is 0 Å². The summed E-state index contributed by atoms with van der Waals surface area (Å²) >= 11 is 0. The van der Waals surface area contributed by atoms with Gasteiger partial charge in [0, 0.05) is 0 Å². The van der Waals surface area contributed by atoms with Gasteiger partial charge in [0.25, 0.3) is 0 Å². The van der Waals surface area contributed by atoms with Crippen molar-refractivity contribution in [3.63, 3.8) is 0 Å². The summed E-state index contributed by atoms with van der Waals surface area (Å²) in [5.74, 6) is 0. The summed E-state index contributed by atoms with van der Waals surface area (Å²) < 4.78 is 0. The molecule has 0 aliphatic rings. The van der Waals surface area contributed by atoms with Crippen molar-refractivity contribution in [1.82, 2.24) is 0 Å². The molecule has 0 aromatic heterocycles. The number of benzene rings is 3. The molecule has 0 bridgehead atoms. The second-order valence-electron chi connectivity index (χ2n) is 7.73. The molecule has 0 N–H and O–H groups in total. The summed E-state index contributed by atoms with van der Waals surface area (Å²) in [6, 6.07) is 35.7. The van der Waals surface area contributed by atoms with Crippen LogP contribution in [0.1, 0.15) is 11.1 Å². The SMILES string of the molecule is C(C=CCc1ccccc1)=CCc1ccccc1.C[N-]C.C[N-]C.C[N-]C.[Ti+4].c1ccc2[cH-]ccc2c1. The molecule has 4 rings (SSSR count). The van der Waals surface area contributed by atoms with E-state index in [4.69, 9.17) is 0 Å².